The average molecular weight is 120 g/mol. The molecule has 0 aromatic carbocycles. The van der Waals surface area contributed by atoms with Crippen molar-refractivity contribution >= 4 is 0 Å². The predicted molar refractivity (Wildman–Crippen MR) is 29.1 cm³/mol. The minimum atomic E-state index is -1.37. The van der Waals surface area contributed by atoms with E-state index in [0.29, 0.717) is 6.42 Å². The Hall–Kier alpha value is -0.120. The Labute approximate surface area is 48.6 Å². The Bertz CT molecular complexity index is 49.6. The second kappa shape index (κ2) is 3.83. The zero-order chi connectivity index (χ0) is 6.57. The standard InChI is InChI=1S/C5H12O3/c1-2-4(3-6)5(7)8/h4-8H,2-3H2,1H3. The smallest absolute Gasteiger partial charge is 0.156 e. The maximum absolute atomic E-state index is 8.41. The quantitative estimate of drug-likeness (QED) is 0.432. The molecule has 0 radical (unpaired) electrons. The average Bonchev–Trinajstić information content (AvgIpc) is 1.69. The highest BCUT2D eigenvalue weighted by Crippen LogP contribution is 2.03. The van der Waals surface area contributed by atoms with E-state index in [-0.39, 0.29) is 12.5 Å². The minimum Gasteiger partial charge on any atom is -0.396 e. The lowest BCUT2D eigenvalue weighted by molar-refractivity contribution is -0.0970. The molecule has 3 N–H and O–H groups in total. The van der Waals surface area contributed by atoms with Crippen molar-refractivity contribution in [3.63, 3.8) is 0 Å². The van der Waals surface area contributed by atoms with Crippen molar-refractivity contribution in [1.82, 2.24) is 0 Å². The molecule has 0 rings (SSSR count). The van der Waals surface area contributed by atoms with Crippen LogP contribution in [0.1, 0.15) is 13.3 Å². The zero-order valence-electron chi connectivity index (χ0n) is 4.91. The van der Waals surface area contributed by atoms with Crippen LogP contribution in [0.2, 0.25) is 0 Å². The molecular formula is C5H12O3. The van der Waals surface area contributed by atoms with E-state index in [1.54, 1.807) is 6.92 Å². The van der Waals surface area contributed by atoms with Gasteiger partial charge in [0.25, 0.3) is 0 Å². The Morgan fingerprint density at radius 1 is 1.38 bits per heavy atom. The van der Waals surface area contributed by atoms with Crippen molar-refractivity contribution in [2.24, 2.45) is 5.92 Å². The number of hydrogen-bond donors (Lipinski definition) is 3. The van der Waals surface area contributed by atoms with Crippen molar-refractivity contribution in [3.05, 3.63) is 0 Å². The molecule has 0 heterocycles. The van der Waals surface area contributed by atoms with Crippen LogP contribution >= 0.6 is 0 Å². The van der Waals surface area contributed by atoms with Crippen LogP contribution in [-0.2, 0) is 0 Å². The number of aliphatic hydroxyl groups is 3. The van der Waals surface area contributed by atoms with E-state index < -0.39 is 6.29 Å². The first-order valence-corrected chi connectivity index (χ1v) is 2.69. The summed E-state index contributed by atoms with van der Waals surface area (Å²) in [6, 6.07) is 0. The largest absolute Gasteiger partial charge is 0.396 e. The van der Waals surface area contributed by atoms with Gasteiger partial charge >= 0.3 is 0 Å². The Morgan fingerprint density at radius 2 is 1.88 bits per heavy atom. The molecule has 0 aliphatic carbocycles. The van der Waals surface area contributed by atoms with Crippen LogP contribution in [0, 0.1) is 5.92 Å². The van der Waals surface area contributed by atoms with Gasteiger partial charge in [0.05, 0.1) is 6.61 Å². The van der Waals surface area contributed by atoms with Crippen LogP contribution in [0.25, 0.3) is 0 Å². The summed E-state index contributed by atoms with van der Waals surface area (Å²) in [4.78, 5) is 0. The first-order valence-electron chi connectivity index (χ1n) is 2.69. The van der Waals surface area contributed by atoms with Gasteiger partial charge in [0.2, 0.25) is 0 Å². The van der Waals surface area contributed by atoms with E-state index >= 15 is 0 Å². The summed E-state index contributed by atoms with van der Waals surface area (Å²) in [5, 5.41) is 25.2. The molecule has 0 bridgehead atoms. The highest BCUT2D eigenvalue weighted by Gasteiger charge is 2.11. The molecular weight excluding hydrogens is 108 g/mol. The van der Waals surface area contributed by atoms with Crippen molar-refractivity contribution in [1.29, 1.82) is 0 Å². The number of hydrogen-bond acceptors (Lipinski definition) is 3. The van der Waals surface area contributed by atoms with Crippen LogP contribution in [0.15, 0.2) is 0 Å². The van der Waals surface area contributed by atoms with E-state index in [2.05, 4.69) is 0 Å². The molecule has 0 spiro atoms. The molecule has 0 saturated heterocycles. The minimum absolute atomic E-state index is 0.159. The lowest BCUT2D eigenvalue weighted by atomic mass is 10.1. The molecule has 0 amide bonds. The van der Waals surface area contributed by atoms with Gasteiger partial charge in [0.15, 0.2) is 6.29 Å². The summed E-state index contributed by atoms with van der Waals surface area (Å²) in [7, 11) is 0. The summed E-state index contributed by atoms with van der Waals surface area (Å²) in [6.07, 6.45) is -0.779. The molecule has 50 valence electrons. The van der Waals surface area contributed by atoms with E-state index in [4.69, 9.17) is 15.3 Å². The van der Waals surface area contributed by atoms with Crippen LogP contribution in [0.5, 0.6) is 0 Å². The van der Waals surface area contributed by atoms with Gasteiger partial charge < -0.3 is 15.3 Å². The summed E-state index contributed by atoms with van der Waals surface area (Å²) < 4.78 is 0. The summed E-state index contributed by atoms with van der Waals surface area (Å²) in [6.45, 7) is 1.63. The van der Waals surface area contributed by atoms with Crippen LogP contribution in [0.3, 0.4) is 0 Å². The molecule has 3 nitrogen and oxygen atoms in total. The van der Waals surface area contributed by atoms with E-state index in [9.17, 15) is 0 Å². The summed E-state index contributed by atoms with van der Waals surface area (Å²) in [5.41, 5.74) is 0. The first kappa shape index (κ1) is 7.88. The highest BCUT2D eigenvalue weighted by molar-refractivity contribution is 4.54. The maximum Gasteiger partial charge on any atom is 0.156 e. The van der Waals surface area contributed by atoms with Gasteiger partial charge in [-0.2, -0.15) is 0 Å². The molecule has 3 heteroatoms. The van der Waals surface area contributed by atoms with Crippen molar-refractivity contribution < 1.29 is 15.3 Å². The lowest BCUT2D eigenvalue weighted by Crippen LogP contribution is -2.21. The number of aliphatic hydroxyl groups excluding tert-OH is 2. The van der Waals surface area contributed by atoms with Gasteiger partial charge in [-0.25, -0.2) is 0 Å². The predicted octanol–water partition coefficient (Wildman–Crippen LogP) is -0.684. The van der Waals surface area contributed by atoms with Crippen LogP contribution in [0.4, 0.5) is 0 Å². The van der Waals surface area contributed by atoms with Crippen LogP contribution in [-0.4, -0.2) is 28.2 Å². The second-order valence-electron chi connectivity index (χ2n) is 1.76. The molecule has 0 aromatic rings. The Balaban J connectivity index is 3.35. The van der Waals surface area contributed by atoms with Gasteiger partial charge in [-0.1, -0.05) is 6.92 Å². The van der Waals surface area contributed by atoms with E-state index in [1.807, 2.05) is 0 Å². The van der Waals surface area contributed by atoms with Gasteiger partial charge in [-0.05, 0) is 6.42 Å². The Morgan fingerprint density at radius 3 is 1.88 bits per heavy atom. The molecule has 0 fully saturated rings. The monoisotopic (exact) mass is 120 g/mol. The summed E-state index contributed by atoms with van der Waals surface area (Å²) in [5.74, 6) is -0.380. The van der Waals surface area contributed by atoms with Crippen molar-refractivity contribution in [2.45, 2.75) is 19.6 Å². The van der Waals surface area contributed by atoms with Crippen LogP contribution < -0.4 is 0 Å². The van der Waals surface area contributed by atoms with Gasteiger partial charge in [0, 0.05) is 5.92 Å². The third kappa shape index (κ3) is 2.26. The van der Waals surface area contributed by atoms with Crippen molar-refractivity contribution in [2.75, 3.05) is 6.61 Å². The number of rotatable bonds is 3. The Kier molecular flexibility index (Phi) is 3.77. The fraction of sp³-hybridized carbons (Fsp3) is 1.00. The SMILES string of the molecule is CCC(CO)C(O)O. The van der Waals surface area contributed by atoms with Crippen molar-refractivity contribution in [3.8, 4) is 0 Å². The molecule has 0 aliphatic heterocycles. The highest BCUT2D eigenvalue weighted by atomic mass is 16.5. The zero-order valence-corrected chi connectivity index (χ0v) is 4.91. The molecule has 1 unspecified atom stereocenters. The fourth-order valence-electron chi connectivity index (χ4n) is 0.434. The molecule has 0 aliphatic rings. The molecule has 8 heavy (non-hydrogen) atoms. The normalized spacial score (nSPS) is 14.6. The van der Waals surface area contributed by atoms with Gasteiger partial charge in [0.1, 0.15) is 0 Å². The van der Waals surface area contributed by atoms with Gasteiger partial charge in [-0.3, -0.25) is 0 Å². The lowest BCUT2D eigenvalue weighted by Gasteiger charge is -2.12. The van der Waals surface area contributed by atoms with E-state index in [1.165, 1.54) is 0 Å². The fourth-order valence-corrected chi connectivity index (χ4v) is 0.434. The second-order valence-corrected chi connectivity index (χ2v) is 1.76. The third-order valence-electron chi connectivity index (χ3n) is 1.18. The topological polar surface area (TPSA) is 60.7 Å². The molecule has 0 saturated carbocycles. The maximum atomic E-state index is 8.41. The first-order chi connectivity index (χ1) is 3.72. The summed E-state index contributed by atoms with van der Waals surface area (Å²) >= 11 is 0. The van der Waals surface area contributed by atoms with Gasteiger partial charge in [-0.15, -0.1) is 0 Å². The molecule has 1 atom stereocenters. The molecule has 0 aromatic heterocycles. The third-order valence-corrected chi connectivity index (χ3v) is 1.18. The van der Waals surface area contributed by atoms with E-state index in [0.717, 1.165) is 0 Å².